The van der Waals surface area contributed by atoms with E-state index in [0.29, 0.717) is 19.7 Å². The lowest BCUT2D eigenvalue weighted by atomic mass is 9.80. The van der Waals surface area contributed by atoms with Crippen LogP contribution in [0.5, 0.6) is 5.75 Å². The highest BCUT2D eigenvalue weighted by atomic mass is 35.5. The van der Waals surface area contributed by atoms with Crippen molar-refractivity contribution >= 4 is 18.3 Å². The average molecular weight is 418 g/mol. The second-order valence-electron chi connectivity index (χ2n) is 8.29. The molecule has 1 fully saturated rings. The Kier molecular flexibility index (Phi) is 8.50. The van der Waals surface area contributed by atoms with Crippen LogP contribution < -0.4 is 15.8 Å². The summed E-state index contributed by atoms with van der Waals surface area (Å²) >= 11 is 0. The molecule has 3 rings (SSSR count). The summed E-state index contributed by atoms with van der Waals surface area (Å²) in [6, 6.07) is 18.1. The molecular weight excluding hydrogens is 386 g/mol. The van der Waals surface area contributed by atoms with Crippen LogP contribution >= 0.6 is 12.4 Å². The van der Waals surface area contributed by atoms with Gasteiger partial charge in [-0.05, 0) is 35.1 Å². The SMILES string of the molecule is CC1(C)CN(CC(=O)NCc2ccc(COc3ccccc3)cc2)CCC1N.Cl. The zero-order chi connectivity index (χ0) is 20.0. The molecule has 1 atom stereocenters. The van der Waals surface area contributed by atoms with E-state index in [1.165, 1.54) is 0 Å². The van der Waals surface area contributed by atoms with Crippen LogP contribution in [0, 0.1) is 5.41 Å². The molecule has 1 heterocycles. The van der Waals surface area contributed by atoms with Crippen LogP contribution in [0.4, 0.5) is 0 Å². The molecular formula is C23H32ClN3O2. The molecule has 1 unspecified atom stereocenters. The minimum Gasteiger partial charge on any atom is -0.489 e. The Morgan fingerprint density at radius 3 is 2.45 bits per heavy atom. The quantitative estimate of drug-likeness (QED) is 0.724. The Bertz CT molecular complexity index is 765. The van der Waals surface area contributed by atoms with Gasteiger partial charge in [-0.1, -0.05) is 56.3 Å². The lowest BCUT2D eigenvalue weighted by molar-refractivity contribution is -0.123. The van der Waals surface area contributed by atoms with E-state index in [9.17, 15) is 4.79 Å². The number of hydrogen-bond donors (Lipinski definition) is 2. The van der Waals surface area contributed by atoms with E-state index >= 15 is 0 Å². The van der Waals surface area contributed by atoms with E-state index in [1.807, 2.05) is 54.6 Å². The van der Waals surface area contributed by atoms with Crippen molar-refractivity contribution in [2.75, 3.05) is 19.6 Å². The number of amides is 1. The van der Waals surface area contributed by atoms with Gasteiger partial charge in [0.25, 0.3) is 0 Å². The maximum atomic E-state index is 12.3. The lowest BCUT2D eigenvalue weighted by Gasteiger charge is -2.42. The molecule has 1 aliphatic rings. The maximum Gasteiger partial charge on any atom is 0.234 e. The molecule has 0 spiro atoms. The summed E-state index contributed by atoms with van der Waals surface area (Å²) in [6.45, 7) is 7.58. The van der Waals surface area contributed by atoms with E-state index in [-0.39, 0.29) is 29.8 Å². The molecule has 3 N–H and O–H groups in total. The molecule has 5 nitrogen and oxygen atoms in total. The van der Waals surface area contributed by atoms with Gasteiger partial charge in [0.05, 0.1) is 6.54 Å². The molecule has 0 saturated carbocycles. The van der Waals surface area contributed by atoms with Crippen LogP contribution in [-0.2, 0) is 17.9 Å². The number of piperidine rings is 1. The Hall–Kier alpha value is -2.08. The van der Waals surface area contributed by atoms with Crippen LogP contribution in [0.3, 0.4) is 0 Å². The predicted octanol–water partition coefficient (Wildman–Crippen LogP) is 3.36. The van der Waals surface area contributed by atoms with Crippen molar-refractivity contribution < 1.29 is 9.53 Å². The molecule has 1 saturated heterocycles. The van der Waals surface area contributed by atoms with Crippen LogP contribution in [0.25, 0.3) is 0 Å². The second-order valence-corrected chi connectivity index (χ2v) is 8.29. The van der Waals surface area contributed by atoms with E-state index in [0.717, 1.165) is 36.4 Å². The van der Waals surface area contributed by atoms with Crippen LogP contribution in [-0.4, -0.2) is 36.5 Å². The molecule has 0 radical (unpaired) electrons. The summed E-state index contributed by atoms with van der Waals surface area (Å²) in [7, 11) is 0. The lowest BCUT2D eigenvalue weighted by Crippen LogP contribution is -2.54. The predicted molar refractivity (Wildman–Crippen MR) is 119 cm³/mol. The Labute approximate surface area is 180 Å². The number of likely N-dealkylation sites (tertiary alicyclic amines) is 1. The Morgan fingerprint density at radius 1 is 1.14 bits per heavy atom. The zero-order valence-electron chi connectivity index (χ0n) is 17.3. The zero-order valence-corrected chi connectivity index (χ0v) is 18.1. The smallest absolute Gasteiger partial charge is 0.234 e. The van der Waals surface area contributed by atoms with E-state index in [2.05, 4.69) is 24.1 Å². The summed E-state index contributed by atoms with van der Waals surface area (Å²) in [6.07, 6.45) is 0.937. The molecule has 29 heavy (non-hydrogen) atoms. The number of nitrogens with two attached hydrogens (primary N) is 1. The molecule has 1 aliphatic heterocycles. The van der Waals surface area contributed by atoms with Crippen molar-refractivity contribution in [2.45, 2.75) is 39.5 Å². The molecule has 2 aromatic rings. The Balaban J connectivity index is 0.00000300. The van der Waals surface area contributed by atoms with Crippen molar-refractivity contribution in [3.8, 4) is 5.75 Å². The van der Waals surface area contributed by atoms with Gasteiger partial charge in [0, 0.05) is 25.7 Å². The number of nitrogens with zero attached hydrogens (tertiary/aromatic N) is 1. The highest BCUT2D eigenvalue weighted by molar-refractivity contribution is 5.85. The van der Waals surface area contributed by atoms with Gasteiger partial charge >= 0.3 is 0 Å². The van der Waals surface area contributed by atoms with Crippen molar-refractivity contribution in [2.24, 2.45) is 11.1 Å². The van der Waals surface area contributed by atoms with Crippen molar-refractivity contribution in [3.05, 3.63) is 65.7 Å². The van der Waals surface area contributed by atoms with Gasteiger partial charge in [-0.3, -0.25) is 9.69 Å². The fraction of sp³-hybridized carbons (Fsp3) is 0.435. The summed E-state index contributed by atoms with van der Waals surface area (Å²) in [5, 5.41) is 3.02. The van der Waals surface area contributed by atoms with Gasteiger partial charge in [-0.15, -0.1) is 12.4 Å². The molecule has 0 aromatic heterocycles. The van der Waals surface area contributed by atoms with E-state index < -0.39 is 0 Å². The standard InChI is InChI=1S/C23H31N3O2.ClH/c1-23(2)17-26(13-12-21(23)24)15-22(27)25-14-18-8-10-19(11-9-18)16-28-20-6-4-3-5-7-20;/h3-11,21H,12-17,24H2,1-2H3,(H,25,27);1H. The second kappa shape index (κ2) is 10.6. The molecule has 158 valence electrons. The monoisotopic (exact) mass is 417 g/mol. The number of para-hydroxylation sites is 1. The minimum atomic E-state index is 0. The summed E-state index contributed by atoms with van der Waals surface area (Å²) in [5.41, 5.74) is 8.41. The first-order chi connectivity index (χ1) is 13.4. The number of benzene rings is 2. The van der Waals surface area contributed by atoms with Crippen molar-refractivity contribution in [3.63, 3.8) is 0 Å². The topological polar surface area (TPSA) is 67.6 Å². The van der Waals surface area contributed by atoms with Crippen LogP contribution in [0.2, 0.25) is 0 Å². The summed E-state index contributed by atoms with van der Waals surface area (Å²) in [5.74, 6) is 0.920. The summed E-state index contributed by atoms with van der Waals surface area (Å²) in [4.78, 5) is 14.5. The molecule has 0 aliphatic carbocycles. The van der Waals surface area contributed by atoms with Gasteiger partial charge in [-0.25, -0.2) is 0 Å². The van der Waals surface area contributed by atoms with Gasteiger partial charge in [0.2, 0.25) is 5.91 Å². The van der Waals surface area contributed by atoms with Gasteiger partial charge in [0.1, 0.15) is 12.4 Å². The number of carbonyl (C=O) groups excluding carboxylic acids is 1. The highest BCUT2D eigenvalue weighted by Crippen LogP contribution is 2.27. The summed E-state index contributed by atoms with van der Waals surface area (Å²) < 4.78 is 5.75. The van der Waals surface area contributed by atoms with E-state index in [1.54, 1.807) is 0 Å². The maximum absolute atomic E-state index is 12.3. The fourth-order valence-electron chi connectivity index (χ4n) is 3.52. The normalized spacial score (nSPS) is 18.5. The average Bonchev–Trinajstić information content (AvgIpc) is 2.69. The Morgan fingerprint density at radius 2 is 1.79 bits per heavy atom. The number of hydrogen-bond acceptors (Lipinski definition) is 4. The third-order valence-electron chi connectivity index (χ3n) is 5.42. The van der Waals surface area contributed by atoms with Gasteiger partial charge < -0.3 is 15.8 Å². The molecule has 6 heteroatoms. The number of nitrogens with one attached hydrogen (secondary N) is 1. The number of halogens is 1. The highest BCUT2D eigenvalue weighted by Gasteiger charge is 2.33. The number of carbonyl (C=O) groups is 1. The number of rotatable bonds is 7. The first-order valence-electron chi connectivity index (χ1n) is 9.93. The third kappa shape index (κ3) is 7.03. The van der Waals surface area contributed by atoms with Crippen LogP contribution in [0.1, 0.15) is 31.4 Å². The largest absolute Gasteiger partial charge is 0.489 e. The fourth-order valence-corrected chi connectivity index (χ4v) is 3.52. The minimum absolute atomic E-state index is 0. The van der Waals surface area contributed by atoms with E-state index in [4.69, 9.17) is 10.5 Å². The number of ether oxygens (including phenoxy) is 1. The van der Waals surface area contributed by atoms with Gasteiger partial charge in [0.15, 0.2) is 0 Å². The molecule has 2 aromatic carbocycles. The molecule has 0 bridgehead atoms. The van der Waals surface area contributed by atoms with Crippen molar-refractivity contribution in [1.82, 2.24) is 10.2 Å². The van der Waals surface area contributed by atoms with Crippen LogP contribution in [0.15, 0.2) is 54.6 Å². The third-order valence-corrected chi connectivity index (χ3v) is 5.42. The first-order valence-corrected chi connectivity index (χ1v) is 9.93. The first kappa shape index (κ1) is 23.2. The molecule has 1 amide bonds. The van der Waals surface area contributed by atoms with Gasteiger partial charge in [-0.2, -0.15) is 0 Å². The van der Waals surface area contributed by atoms with Crippen molar-refractivity contribution in [1.29, 1.82) is 0 Å².